The van der Waals surface area contributed by atoms with Crippen molar-refractivity contribution in [2.45, 2.75) is 38.6 Å². The monoisotopic (exact) mass is 523 g/mol. The largest absolute Gasteiger partial charge is 0.508 e. The first-order valence-corrected chi connectivity index (χ1v) is 12.5. The summed E-state index contributed by atoms with van der Waals surface area (Å²) in [6.07, 6.45) is 0.0418. The molecule has 2 aromatic carbocycles. The van der Waals surface area contributed by atoms with E-state index in [0.717, 1.165) is 4.90 Å². The van der Waals surface area contributed by atoms with Crippen LogP contribution < -0.4 is 5.56 Å². The van der Waals surface area contributed by atoms with Gasteiger partial charge in [0.25, 0.3) is 17.4 Å². The first-order chi connectivity index (χ1) is 18.7. The van der Waals surface area contributed by atoms with Gasteiger partial charge in [-0.05, 0) is 42.8 Å². The number of esters is 1. The van der Waals surface area contributed by atoms with Crippen molar-refractivity contribution in [2.75, 3.05) is 0 Å². The van der Waals surface area contributed by atoms with E-state index in [2.05, 4.69) is 0 Å². The lowest BCUT2D eigenvalue weighted by Gasteiger charge is -2.31. The standard InChI is InChI=1S/C29H21N3O7/c1-2-29(38)20-10-22-24-14(11-31(22)27(36)19(20)13-39-28(29)37)9-17-18(23(33)8-7-21(17)30-24)12-32-25(34)15-5-3-4-6-16(15)26(32)35/h3-10,33,38H,2,11-13H2,1H3/t29-/m0/s1. The van der Waals surface area contributed by atoms with Crippen molar-refractivity contribution in [1.29, 1.82) is 0 Å². The molecule has 2 N–H and O–H groups in total. The van der Waals surface area contributed by atoms with Gasteiger partial charge in [-0.3, -0.25) is 19.3 Å². The highest BCUT2D eigenvalue weighted by Crippen LogP contribution is 2.40. The molecule has 0 spiro atoms. The molecule has 3 aliphatic rings. The molecule has 0 bridgehead atoms. The minimum atomic E-state index is -1.92. The fourth-order valence-corrected chi connectivity index (χ4v) is 5.81. The zero-order valence-electron chi connectivity index (χ0n) is 20.7. The van der Waals surface area contributed by atoms with E-state index in [1.165, 1.54) is 10.6 Å². The highest BCUT2D eigenvalue weighted by Gasteiger charge is 2.45. The van der Waals surface area contributed by atoms with Gasteiger partial charge < -0.3 is 19.5 Å². The van der Waals surface area contributed by atoms with Crippen LogP contribution in [-0.4, -0.2) is 42.4 Å². The van der Waals surface area contributed by atoms with Crippen LogP contribution in [0.4, 0.5) is 0 Å². The summed E-state index contributed by atoms with van der Waals surface area (Å²) < 4.78 is 6.64. The molecule has 0 saturated heterocycles. The molecule has 2 aromatic heterocycles. The van der Waals surface area contributed by atoms with Crippen LogP contribution in [-0.2, 0) is 34.8 Å². The van der Waals surface area contributed by atoms with Crippen molar-refractivity contribution < 1.29 is 29.3 Å². The topological polar surface area (TPSA) is 139 Å². The van der Waals surface area contributed by atoms with Gasteiger partial charge in [0, 0.05) is 22.1 Å². The highest BCUT2D eigenvalue weighted by molar-refractivity contribution is 6.21. The van der Waals surface area contributed by atoms with Gasteiger partial charge in [-0.2, -0.15) is 0 Å². The first-order valence-electron chi connectivity index (χ1n) is 12.5. The lowest BCUT2D eigenvalue weighted by atomic mass is 9.86. The Bertz CT molecular complexity index is 1840. The van der Waals surface area contributed by atoms with Crippen LogP contribution in [0.3, 0.4) is 0 Å². The van der Waals surface area contributed by atoms with Crippen LogP contribution in [0.15, 0.2) is 53.3 Å². The van der Waals surface area contributed by atoms with Crippen LogP contribution in [0.1, 0.15) is 56.3 Å². The third-order valence-corrected chi connectivity index (χ3v) is 7.97. The number of pyridine rings is 2. The number of hydrogen-bond donors (Lipinski definition) is 2. The number of phenols is 1. The Morgan fingerprint density at radius 2 is 1.74 bits per heavy atom. The van der Waals surface area contributed by atoms with E-state index in [9.17, 15) is 29.4 Å². The van der Waals surface area contributed by atoms with Crippen molar-refractivity contribution in [1.82, 2.24) is 14.5 Å². The van der Waals surface area contributed by atoms with E-state index in [1.54, 1.807) is 49.4 Å². The fraction of sp³-hybridized carbons (Fsp3) is 0.207. The number of cyclic esters (lactones) is 1. The van der Waals surface area contributed by atoms with Crippen molar-refractivity contribution in [2.24, 2.45) is 0 Å². The van der Waals surface area contributed by atoms with E-state index >= 15 is 0 Å². The van der Waals surface area contributed by atoms with Crippen LogP contribution in [0.5, 0.6) is 5.75 Å². The molecule has 0 aliphatic carbocycles. The number of hydrogen-bond acceptors (Lipinski definition) is 8. The maximum atomic E-state index is 13.4. The second kappa shape index (κ2) is 7.84. The van der Waals surface area contributed by atoms with Crippen LogP contribution >= 0.6 is 0 Å². The smallest absolute Gasteiger partial charge is 0.343 e. The van der Waals surface area contributed by atoms with E-state index in [-0.39, 0.29) is 48.6 Å². The van der Waals surface area contributed by atoms with Crippen LogP contribution in [0, 0.1) is 0 Å². The molecule has 0 fully saturated rings. The van der Waals surface area contributed by atoms with Gasteiger partial charge >= 0.3 is 5.97 Å². The molecule has 0 radical (unpaired) electrons. The first kappa shape index (κ1) is 23.3. The van der Waals surface area contributed by atoms with E-state index in [0.29, 0.717) is 44.5 Å². The van der Waals surface area contributed by atoms with Gasteiger partial charge in [-0.25, -0.2) is 9.78 Å². The highest BCUT2D eigenvalue weighted by atomic mass is 16.6. The van der Waals surface area contributed by atoms with Crippen molar-refractivity contribution in [3.8, 4) is 17.1 Å². The number of phenolic OH excluding ortho intramolecular Hbond substituents is 1. The van der Waals surface area contributed by atoms with Gasteiger partial charge in [-0.1, -0.05) is 19.1 Å². The summed E-state index contributed by atoms with van der Waals surface area (Å²) in [7, 11) is 0. The van der Waals surface area contributed by atoms with E-state index < -0.39 is 23.4 Å². The van der Waals surface area contributed by atoms with Crippen LogP contribution in [0.2, 0.25) is 0 Å². The predicted octanol–water partition coefficient (Wildman–Crippen LogP) is 2.58. The average molecular weight is 524 g/mol. The predicted molar refractivity (Wildman–Crippen MR) is 137 cm³/mol. The molecular weight excluding hydrogens is 502 g/mol. The number of carbonyl (C=O) groups is 3. The van der Waals surface area contributed by atoms with Gasteiger partial charge in [0.2, 0.25) is 0 Å². The van der Waals surface area contributed by atoms with Gasteiger partial charge in [-0.15, -0.1) is 0 Å². The van der Waals surface area contributed by atoms with Gasteiger partial charge in [0.05, 0.1) is 46.7 Å². The Labute approximate surface area is 220 Å². The number of ether oxygens (including phenoxy) is 1. The summed E-state index contributed by atoms with van der Waals surface area (Å²) in [4.78, 5) is 57.6. The molecular formula is C29H21N3O7. The molecule has 194 valence electrons. The summed E-state index contributed by atoms with van der Waals surface area (Å²) in [6.45, 7) is 1.45. The maximum absolute atomic E-state index is 13.4. The fourth-order valence-electron chi connectivity index (χ4n) is 5.81. The SMILES string of the molecule is CC[C@@]1(O)C(=O)OCc2c1cc1n(c2=O)Cc2cc3c(CN4C(=O)c5ccccc5C4=O)c(O)ccc3nc2-1. The van der Waals surface area contributed by atoms with Crippen molar-refractivity contribution in [3.63, 3.8) is 0 Å². The number of fused-ring (bicyclic) bond motifs is 6. The number of benzene rings is 2. The number of imide groups is 1. The number of nitrogens with zero attached hydrogens (tertiary/aromatic N) is 3. The number of aromatic hydroxyl groups is 1. The van der Waals surface area contributed by atoms with Crippen LogP contribution in [0.25, 0.3) is 22.3 Å². The molecule has 10 nitrogen and oxygen atoms in total. The molecule has 3 aliphatic heterocycles. The summed E-state index contributed by atoms with van der Waals surface area (Å²) in [5, 5.41) is 22.4. The molecule has 2 amide bonds. The second-order valence-corrected chi connectivity index (χ2v) is 9.97. The molecule has 7 rings (SSSR count). The minimum absolute atomic E-state index is 0.0418. The van der Waals surface area contributed by atoms with Crippen molar-refractivity contribution >= 4 is 28.7 Å². The number of carbonyl (C=O) groups excluding carboxylic acids is 3. The lowest BCUT2D eigenvalue weighted by Crippen LogP contribution is -2.44. The zero-order valence-corrected chi connectivity index (χ0v) is 20.7. The Balaban J connectivity index is 1.35. The Kier molecular flexibility index (Phi) is 4.68. The minimum Gasteiger partial charge on any atom is -0.508 e. The van der Waals surface area contributed by atoms with E-state index in [4.69, 9.17) is 9.72 Å². The Morgan fingerprint density at radius 1 is 1.03 bits per heavy atom. The Hall–Kier alpha value is -4.83. The summed E-state index contributed by atoms with van der Waals surface area (Å²) in [5.41, 5.74) is 1.29. The summed E-state index contributed by atoms with van der Waals surface area (Å²) >= 11 is 0. The summed E-state index contributed by atoms with van der Waals surface area (Å²) in [6, 6.07) is 13.1. The van der Waals surface area contributed by atoms with Gasteiger partial charge in [0.1, 0.15) is 12.4 Å². The third kappa shape index (κ3) is 3.03. The second-order valence-electron chi connectivity index (χ2n) is 9.97. The maximum Gasteiger partial charge on any atom is 0.343 e. The molecule has 0 saturated carbocycles. The number of aliphatic hydroxyl groups is 1. The molecule has 10 heteroatoms. The van der Waals surface area contributed by atoms with E-state index in [1.807, 2.05) is 0 Å². The molecule has 39 heavy (non-hydrogen) atoms. The van der Waals surface area contributed by atoms with Crippen molar-refractivity contribution in [3.05, 3.63) is 92.3 Å². The third-order valence-electron chi connectivity index (χ3n) is 7.97. The lowest BCUT2D eigenvalue weighted by molar-refractivity contribution is -0.172. The van der Waals surface area contributed by atoms with Gasteiger partial charge in [0.15, 0.2) is 5.60 Å². The number of rotatable bonds is 3. The quantitative estimate of drug-likeness (QED) is 0.272. The molecule has 1 atom stereocenters. The average Bonchev–Trinajstić information content (AvgIpc) is 3.42. The molecule has 4 aromatic rings. The number of aromatic nitrogens is 2. The molecule has 0 unspecified atom stereocenters. The molecule has 5 heterocycles. The Morgan fingerprint density at radius 3 is 2.44 bits per heavy atom. The zero-order chi connectivity index (χ0) is 27.2. The summed E-state index contributed by atoms with van der Waals surface area (Å²) in [5.74, 6) is -1.76. The number of amides is 2. The normalized spacial score (nSPS) is 19.1.